The molecule has 1 saturated carbocycles. The second kappa shape index (κ2) is 6.44. The molecular formula is C13H28O. The summed E-state index contributed by atoms with van der Waals surface area (Å²) >= 11 is 0. The van der Waals surface area contributed by atoms with Crippen molar-refractivity contribution in [1.29, 1.82) is 0 Å². The topological polar surface area (TPSA) is 31.5 Å². The predicted molar refractivity (Wildman–Crippen MR) is 63.4 cm³/mol. The van der Waals surface area contributed by atoms with E-state index in [0.717, 1.165) is 23.7 Å². The third-order valence-electron chi connectivity index (χ3n) is 3.98. The Bertz CT molecular complexity index is 134. The molecule has 1 aliphatic carbocycles. The fourth-order valence-corrected chi connectivity index (χ4v) is 2.36. The first kappa shape index (κ1) is 14.0. The van der Waals surface area contributed by atoms with E-state index in [9.17, 15) is 0 Å². The Morgan fingerprint density at radius 3 is 1.93 bits per heavy atom. The van der Waals surface area contributed by atoms with Gasteiger partial charge < -0.3 is 5.48 Å². The van der Waals surface area contributed by atoms with Crippen LogP contribution in [0, 0.1) is 23.7 Å². The highest BCUT2D eigenvalue weighted by Crippen LogP contribution is 2.33. The first-order valence-electron chi connectivity index (χ1n) is 6.09. The normalized spacial score (nSPS) is 29.8. The van der Waals surface area contributed by atoms with E-state index in [4.69, 9.17) is 0 Å². The molecule has 2 N–H and O–H groups in total. The molecule has 0 aromatic carbocycles. The molecule has 1 unspecified atom stereocenters. The van der Waals surface area contributed by atoms with E-state index in [2.05, 4.69) is 27.7 Å². The monoisotopic (exact) mass is 200 g/mol. The largest absolute Gasteiger partial charge is 0.412 e. The molecule has 0 aromatic rings. The molecule has 0 amide bonds. The average molecular weight is 200 g/mol. The van der Waals surface area contributed by atoms with Gasteiger partial charge in [-0.15, -0.1) is 0 Å². The highest BCUT2D eigenvalue weighted by molar-refractivity contribution is 4.72. The van der Waals surface area contributed by atoms with E-state index in [1.807, 2.05) is 0 Å². The molecule has 1 nitrogen and oxygen atoms in total. The maximum Gasteiger partial charge on any atom is -0.0411 e. The fourth-order valence-electron chi connectivity index (χ4n) is 2.36. The summed E-state index contributed by atoms with van der Waals surface area (Å²) in [5.74, 6) is 3.86. The molecular weight excluding hydrogens is 172 g/mol. The zero-order valence-electron chi connectivity index (χ0n) is 10.3. The van der Waals surface area contributed by atoms with Gasteiger partial charge in [-0.3, -0.25) is 0 Å². The maximum atomic E-state index is 2.42. The second-order valence-corrected chi connectivity index (χ2v) is 5.58. The number of hydrogen-bond acceptors (Lipinski definition) is 0. The molecule has 0 radical (unpaired) electrons. The lowest BCUT2D eigenvalue weighted by Crippen LogP contribution is -2.17. The molecule has 86 valence electrons. The summed E-state index contributed by atoms with van der Waals surface area (Å²) in [6, 6.07) is 0. The van der Waals surface area contributed by atoms with Gasteiger partial charge in [-0.05, 0) is 30.1 Å². The summed E-state index contributed by atoms with van der Waals surface area (Å²) in [7, 11) is 0. The van der Waals surface area contributed by atoms with E-state index < -0.39 is 0 Å². The van der Waals surface area contributed by atoms with Crippen molar-refractivity contribution < 1.29 is 5.48 Å². The number of hydrogen-bond donors (Lipinski definition) is 0. The summed E-state index contributed by atoms with van der Waals surface area (Å²) in [6.45, 7) is 9.54. The van der Waals surface area contributed by atoms with Crippen molar-refractivity contribution in [2.75, 3.05) is 0 Å². The van der Waals surface area contributed by atoms with Crippen LogP contribution < -0.4 is 0 Å². The molecule has 1 fully saturated rings. The van der Waals surface area contributed by atoms with Crippen LogP contribution in [-0.4, -0.2) is 5.48 Å². The van der Waals surface area contributed by atoms with E-state index in [1.54, 1.807) is 0 Å². The molecule has 1 heteroatoms. The Kier molecular flexibility index (Phi) is 6.43. The van der Waals surface area contributed by atoms with Gasteiger partial charge in [0.15, 0.2) is 0 Å². The maximum absolute atomic E-state index is 2.42. The molecule has 0 aliphatic heterocycles. The van der Waals surface area contributed by atoms with Crippen molar-refractivity contribution in [3.63, 3.8) is 0 Å². The van der Waals surface area contributed by atoms with Gasteiger partial charge in [0.2, 0.25) is 0 Å². The van der Waals surface area contributed by atoms with Crippen LogP contribution in [0.15, 0.2) is 0 Å². The molecule has 0 heterocycles. The zero-order chi connectivity index (χ0) is 9.84. The van der Waals surface area contributed by atoms with Crippen LogP contribution in [0.25, 0.3) is 0 Å². The Morgan fingerprint density at radius 1 is 1.00 bits per heavy atom. The van der Waals surface area contributed by atoms with Gasteiger partial charge >= 0.3 is 0 Å². The van der Waals surface area contributed by atoms with Crippen molar-refractivity contribution >= 4 is 0 Å². The summed E-state index contributed by atoms with van der Waals surface area (Å²) < 4.78 is 0. The van der Waals surface area contributed by atoms with Crippen molar-refractivity contribution in [1.82, 2.24) is 0 Å². The number of rotatable bonds is 3. The second-order valence-electron chi connectivity index (χ2n) is 5.58. The van der Waals surface area contributed by atoms with Crippen LogP contribution >= 0.6 is 0 Å². The van der Waals surface area contributed by atoms with Gasteiger partial charge in [0.25, 0.3) is 0 Å². The quantitative estimate of drug-likeness (QED) is 0.666. The van der Waals surface area contributed by atoms with Crippen LogP contribution in [0.2, 0.25) is 0 Å². The smallest absolute Gasteiger partial charge is 0.0411 e. The summed E-state index contributed by atoms with van der Waals surface area (Å²) in [6.07, 6.45) is 7.44. The fraction of sp³-hybridized carbons (Fsp3) is 1.00. The first-order chi connectivity index (χ1) is 6.09. The van der Waals surface area contributed by atoms with Crippen LogP contribution in [-0.2, 0) is 0 Å². The van der Waals surface area contributed by atoms with E-state index in [0.29, 0.717) is 0 Å². The lowest BCUT2D eigenvalue weighted by molar-refractivity contribution is 0.229. The van der Waals surface area contributed by atoms with Crippen LogP contribution in [0.5, 0.6) is 0 Å². The van der Waals surface area contributed by atoms with Crippen molar-refractivity contribution in [2.45, 2.75) is 59.8 Å². The van der Waals surface area contributed by atoms with Crippen LogP contribution in [0.4, 0.5) is 0 Å². The van der Waals surface area contributed by atoms with E-state index in [1.165, 1.54) is 32.1 Å². The molecule has 0 spiro atoms. The lowest BCUT2D eigenvalue weighted by atomic mass is 9.77. The van der Waals surface area contributed by atoms with E-state index >= 15 is 0 Å². The predicted octanol–water partition coefficient (Wildman–Crippen LogP) is 3.67. The molecule has 0 bridgehead atoms. The van der Waals surface area contributed by atoms with Gasteiger partial charge in [0.1, 0.15) is 0 Å². The minimum Gasteiger partial charge on any atom is -0.412 e. The lowest BCUT2D eigenvalue weighted by Gasteiger charge is -2.29. The van der Waals surface area contributed by atoms with Crippen LogP contribution in [0.3, 0.4) is 0 Å². The third kappa shape index (κ3) is 4.45. The Labute approximate surface area is 89.6 Å². The van der Waals surface area contributed by atoms with Gasteiger partial charge in [-0.25, -0.2) is 0 Å². The Balaban J connectivity index is 0.00000169. The molecule has 14 heavy (non-hydrogen) atoms. The Hall–Kier alpha value is -0.0400. The van der Waals surface area contributed by atoms with Crippen molar-refractivity contribution in [2.24, 2.45) is 23.7 Å². The molecule has 1 atom stereocenters. The summed E-state index contributed by atoms with van der Waals surface area (Å²) in [4.78, 5) is 0. The third-order valence-corrected chi connectivity index (χ3v) is 3.98. The minimum absolute atomic E-state index is 0. The summed E-state index contributed by atoms with van der Waals surface area (Å²) in [5.41, 5.74) is 0. The van der Waals surface area contributed by atoms with Gasteiger partial charge in [0, 0.05) is 0 Å². The highest BCUT2D eigenvalue weighted by Gasteiger charge is 2.20. The molecule has 1 aliphatic rings. The summed E-state index contributed by atoms with van der Waals surface area (Å²) in [5, 5.41) is 0. The average Bonchev–Trinajstić information content (AvgIpc) is 2.08. The zero-order valence-corrected chi connectivity index (χ0v) is 10.3. The van der Waals surface area contributed by atoms with Crippen molar-refractivity contribution in [3.8, 4) is 0 Å². The van der Waals surface area contributed by atoms with Crippen molar-refractivity contribution in [3.05, 3.63) is 0 Å². The van der Waals surface area contributed by atoms with Gasteiger partial charge in [-0.2, -0.15) is 0 Å². The van der Waals surface area contributed by atoms with Crippen LogP contribution in [0.1, 0.15) is 59.8 Å². The molecule has 0 aromatic heterocycles. The SMILES string of the molecule is CC1CCC(CC(C)C(C)C)CC1.O. The van der Waals surface area contributed by atoms with Gasteiger partial charge in [-0.1, -0.05) is 53.4 Å². The minimum atomic E-state index is 0. The molecule has 0 saturated heterocycles. The Morgan fingerprint density at radius 2 is 1.50 bits per heavy atom. The van der Waals surface area contributed by atoms with E-state index in [-0.39, 0.29) is 5.48 Å². The first-order valence-corrected chi connectivity index (χ1v) is 6.09. The molecule has 1 rings (SSSR count). The highest BCUT2D eigenvalue weighted by atomic mass is 16.0. The standard InChI is InChI=1S/C13H26.H2O/c1-10(2)12(4)9-13-7-5-11(3)6-8-13;/h10-13H,5-9H2,1-4H3;1H2. The van der Waals surface area contributed by atoms with Gasteiger partial charge in [0.05, 0.1) is 0 Å².